The van der Waals surface area contributed by atoms with Crippen molar-refractivity contribution < 1.29 is 9.59 Å². The predicted molar refractivity (Wildman–Crippen MR) is 84.4 cm³/mol. The summed E-state index contributed by atoms with van der Waals surface area (Å²) in [5, 5.41) is 6.41. The molecular formula is C15H17N3O2S. The number of fused-ring (bicyclic) bond motifs is 1. The van der Waals surface area contributed by atoms with E-state index >= 15 is 0 Å². The van der Waals surface area contributed by atoms with Crippen LogP contribution in [-0.4, -0.2) is 29.3 Å². The number of amides is 2. The molecular weight excluding hydrogens is 286 g/mol. The lowest BCUT2D eigenvalue weighted by Gasteiger charge is -2.24. The number of carbonyl (C=O) groups is 2. The van der Waals surface area contributed by atoms with Crippen LogP contribution in [0.25, 0.3) is 0 Å². The smallest absolute Gasteiger partial charge is 0.227 e. The highest BCUT2D eigenvalue weighted by Gasteiger charge is 2.26. The van der Waals surface area contributed by atoms with E-state index < -0.39 is 0 Å². The molecule has 0 bridgehead atoms. The molecule has 21 heavy (non-hydrogen) atoms. The zero-order valence-electron chi connectivity index (χ0n) is 11.6. The molecule has 0 radical (unpaired) electrons. The molecule has 2 aliphatic heterocycles. The fourth-order valence-electron chi connectivity index (χ4n) is 2.54. The van der Waals surface area contributed by atoms with Crippen LogP contribution in [0.4, 0.5) is 5.69 Å². The molecule has 0 fully saturated rings. The molecule has 3 rings (SSSR count). The standard InChI is InChI=1S/C15H17N3O2S/c19-13(18-15-16-7-8-21-15)6-5-11-9-10-3-1-2-4-12(10)17-14(11)20/h1-4,11H,5-9H2,(H,17,20)(H,16,18,19). The maximum Gasteiger partial charge on any atom is 0.227 e. The summed E-state index contributed by atoms with van der Waals surface area (Å²) < 4.78 is 0. The number of amidine groups is 1. The minimum absolute atomic E-state index is 0.00841. The summed E-state index contributed by atoms with van der Waals surface area (Å²) in [5.74, 6) is 0.741. The van der Waals surface area contributed by atoms with E-state index in [2.05, 4.69) is 15.6 Å². The number of hydrogen-bond donors (Lipinski definition) is 2. The molecule has 0 saturated heterocycles. The van der Waals surface area contributed by atoms with Gasteiger partial charge in [0.05, 0.1) is 6.54 Å². The van der Waals surface area contributed by atoms with Crippen molar-refractivity contribution in [3.05, 3.63) is 29.8 Å². The number of rotatable bonds is 3. The summed E-state index contributed by atoms with van der Waals surface area (Å²) >= 11 is 1.56. The third kappa shape index (κ3) is 3.44. The molecule has 0 aliphatic carbocycles. The van der Waals surface area contributed by atoms with Gasteiger partial charge in [-0.25, -0.2) is 0 Å². The van der Waals surface area contributed by atoms with Crippen LogP contribution >= 0.6 is 11.8 Å². The van der Waals surface area contributed by atoms with Crippen LogP contribution in [0.15, 0.2) is 29.3 Å². The Balaban J connectivity index is 1.53. The topological polar surface area (TPSA) is 70.6 Å². The number of nitrogens with one attached hydrogen (secondary N) is 2. The van der Waals surface area contributed by atoms with Crippen molar-refractivity contribution in [2.45, 2.75) is 19.3 Å². The van der Waals surface area contributed by atoms with Crippen LogP contribution < -0.4 is 10.6 Å². The van der Waals surface area contributed by atoms with Crippen molar-refractivity contribution in [1.82, 2.24) is 5.32 Å². The van der Waals surface area contributed by atoms with Crippen LogP contribution in [0.2, 0.25) is 0 Å². The molecule has 1 aromatic carbocycles. The minimum Gasteiger partial charge on any atom is -0.326 e. The SMILES string of the molecule is O=C(CCC1Cc2ccccc2NC1=O)NC1=NCCS1. The van der Waals surface area contributed by atoms with Gasteiger partial charge in [0.15, 0.2) is 5.17 Å². The van der Waals surface area contributed by atoms with Crippen LogP contribution in [-0.2, 0) is 16.0 Å². The summed E-state index contributed by atoms with van der Waals surface area (Å²) in [4.78, 5) is 28.1. The van der Waals surface area contributed by atoms with Crippen molar-refractivity contribution in [2.24, 2.45) is 10.9 Å². The lowest BCUT2D eigenvalue weighted by Crippen LogP contribution is -2.32. The summed E-state index contributed by atoms with van der Waals surface area (Å²) in [6.45, 7) is 0.766. The Kier molecular flexibility index (Phi) is 4.24. The average Bonchev–Trinajstić information content (AvgIpc) is 2.98. The third-order valence-corrected chi connectivity index (χ3v) is 4.56. The molecule has 1 aromatic rings. The van der Waals surface area contributed by atoms with Gasteiger partial charge in [-0.2, -0.15) is 0 Å². The third-order valence-electron chi connectivity index (χ3n) is 3.66. The lowest BCUT2D eigenvalue weighted by molar-refractivity contribution is -0.122. The maximum atomic E-state index is 12.0. The van der Waals surface area contributed by atoms with Gasteiger partial charge in [-0.3, -0.25) is 14.6 Å². The van der Waals surface area contributed by atoms with Gasteiger partial charge in [0, 0.05) is 23.8 Å². The number of thioether (sulfide) groups is 1. The molecule has 6 heteroatoms. The molecule has 0 aromatic heterocycles. The van der Waals surface area contributed by atoms with Crippen LogP contribution in [0, 0.1) is 5.92 Å². The first-order chi connectivity index (χ1) is 10.2. The fraction of sp³-hybridized carbons (Fsp3) is 0.400. The van der Waals surface area contributed by atoms with Crippen molar-refractivity contribution in [3.63, 3.8) is 0 Å². The summed E-state index contributed by atoms with van der Waals surface area (Å²) in [6, 6.07) is 7.81. The van der Waals surface area contributed by atoms with E-state index in [0.29, 0.717) is 24.4 Å². The van der Waals surface area contributed by atoms with E-state index in [1.807, 2.05) is 24.3 Å². The number of para-hydroxylation sites is 1. The monoisotopic (exact) mass is 303 g/mol. The number of hydrogen-bond acceptors (Lipinski definition) is 4. The minimum atomic E-state index is -0.135. The second kappa shape index (κ2) is 6.30. The van der Waals surface area contributed by atoms with Gasteiger partial charge in [-0.05, 0) is 24.5 Å². The highest BCUT2D eigenvalue weighted by atomic mass is 32.2. The summed E-state index contributed by atoms with van der Waals surface area (Å²) in [7, 11) is 0. The first-order valence-electron chi connectivity index (χ1n) is 7.08. The Bertz CT molecular complexity index is 600. The second-order valence-electron chi connectivity index (χ2n) is 5.17. The van der Waals surface area contributed by atoms with E-state index in [9.17, 15) is 9.59 Å². The predicted octanol–water partition coefficient (Wildman–Crippen LogP) is 1.80. The molecule has 110 valence electrons. The number of anilines is 1. The van der Waals surface area contributed by atoms with E-state index in [1.54, 1.807) is 11.8 Å². The Morgan fingerprint density at radius 1 is 1.43 bits per heavy atom. The van der Waals surface area contributed by atoms with Gasteiger partial charge in [-0.1, -0.05) is 30.0 Å². The van der Waals surface area contributed by atoms with Gasteiger partial charge < -0.3 is 10.6 Å². The zero-order chi connectivity index (χ0) is 14.7. The molecule has 1 atom stereocenters. The van der Waals surface area contributed by atoms with Crippen LogP contribution in [0.1, 0.15) is 18.4 Å². The Morgan fingerprint density at radius 3 is 3.10 bits per heavy atom. The number of carbonyl (C=O) groups excluding carboxylic acids is 2. The van der Waals surface area contributed by atoms with E-state index in [1.165, 1.54) is 0 Å². The molecule has 0 spiro atoms. The average molecular weight is 303 g/mol. The maximum absolute atomic E-state index is 12.0. The highest BCUT2D eigenvalue weighted by molar-refractivity contribution is 8.14. The Morgan fingerprint density at radius 2 is 2.29 bits per heavy atom. The molecule has 0 saturated carbocycles. The number of benzene rings is 1. The van der Waals surface area contributed by atoms with Crippen molar-refractivity contribution in [3.8, 4) is 0 Å². The van der Waals surface area contributed by atoms with Gasteiger partial charge in [0.25, 0.3) is 0 Å². The first kappa shape index (κ1) is 14.1. The number of aliphatic imine (C=N–C) groups is 1. The highest BCUT2D eigenvalue weighted by Crippen LogP contribution is 2.27. The molecule has 1 unspecified atom stereocenters. The van der Waals surface area contributed by atoms with Gasteiger partial charge >= 0.3 is 0 Å². The molecule has 2 N–H and O–H groups in total. The lowest BCUT2D eigenvalue weighted by atomic mass is 9.89. The molecule has 2 heterocycles. The van der Waals surface area contributed by atoms with E-state index in [0.717, 1.165) is 23.5 Å². The van der Waals surface area contributed by atoms with Crippen LogP contribution in [0.3, 0.4) is 0 Å². The molecule has 2 amide bonds. The summed E-state index contributed by atoms with van der Waals surface area (Å²) in [5.41, 5.74) is 2.03. The van der Waals surface area contributed by atoms with Gasteiger partial charge in [-0.15, -0.1) is 0 Å². The van der Waals surface area contributed by atoms with Crippen molar-refractivity contribution in [2.75, 3.05) is 17.6 Å². The van der Waals surface area contributed by atoms with Crippen molar-refractivity contribution in [1.29, 1.82) is 0 Å². The van der Waals surface area contributed by atoms with Gasteiger partial charge in [0.1, 0.15) is 0 Å². The van der Waals surface area contributed by atoms with Gasteiger partial charge in [0.2, 0.25) is 11.8 Å². The Hall–Kier alpha value is -1.82. The van der Waals surface area contributed by atoms with Crippen LogP contribution in [0.5, 0.6) is 0 Å². The number of nitrogens with zero attached hydrogens (tertiary/aromatic N) is 1. The molecule has 2 aliphatic rings. The zero-order valence-corrected chi connectivity index (χ0v) is 12.4. The largest absolute Gasteiger partial charge is 0.326 e. The first-order valence-corrected chi connectivity index (χ1v) is 8.07. The Labute approximate surface area is 127 Å². The normalized spacial score (nSPS) is 20.5. The second-order valence-corrected chi connectivity index (χ2v) is 6.25. The molecule has 5 nitrogen and oxygen atoms in total. The quantitative estimate of drug-likeness (QED) is 0.894. The van der Waals surface area contributed by atoms with E-state index in [-0.39, 0.29) is 17.7 Å². The van der Waals surface area contributed by atoms with E-state index in [4.69, 9.17) is 0 Å². The fourth-order valence-corrected chi connectivity index (χ4v) is 3.29. The summed E-state index contributed by atoms with van der Waals surface area (Å²) in [6.07, 6.45) is 1.61. The van der Waals surface area contributed by atoms with Crippen molar-refractivity contribution >= 4 is 34.4 Å².